The summed E-state index contributed by atoms with van der Waals surface area (Å²) in [7, 11) is 0. The van der Waals surface area contributed by atoms with Crippen LogP contribution >= 0.6 is 0 Å². The molecule has 0 bridgehead atoms. The number of ketones is 1. The van der Waals surface area contributed by atoms with Gasteiger partial charge in [-0.1, -0.05) is 116 Å². The molecule has 1 aliphatic rings. The predicted octanol–water partition coefficient (Wildman–Crippen LogP) is 12.2. The van der Waals surface area contributed by atoms with Crippen LogP contribution in [-0.4, -0.2) is 15.9 Å². The third-order valence-electron chi connectivity index (χ3n) is 11.0. The second-order valence-corrected chi connectivity index (χ2v) is 14.9. The smallest absolute Gasteiger partial charge is 0.164 e. The van der Waals surface area contributed by atoms with Crippen molar-refractivity contribution in [3.05, 3.63) is 102 Å². The van der Waals surface area contributed by atoms with Crippen LogP contribution in [-0.2, 0) is 43.2 Å². The van der Waals surface area contributed by atoms with E-state index in [4.69, 9.17) is 9.40 Å². The number of rotatable bonds is 8. The molecule has 2 aromatic heterocycles. The summed E-state index contributed by atoms with van der Waals surface area (Å²) in [6.07, 6.45) is 8.56. The Labute approximate surface area is 306 Å². The number of hydrogen-bond acceptors (Lipinski definition) is 4. The molecule has 0 amide bonds. The van der Waals surface area contributed by atoms with Crippen molar-refractivity contribution in [1.82, 2.24) is 4.98 Å². The third kappa shape index (κ3) is 7.49. The number of furan rings is 1. The molecule has 4 nitrogen and oxygen atoms in total. The Morgan fingerprint density at radius 3 is 2.16 bits per heavy atom. The number of carbonyl (C=O) groups is 1. The third-order valence-corrected chi connectivity index (χ3v) is 11.0. The van der Waals surface area contributed by atoms with Crippen LogP contribution in [0.25, 0.3) is 44.1 Å². The van der Waals surface area contributed by atoms with E-state index in [0.717, 1.165) is 71.9 Å². The molecule has 49 heavy (non-hydrogen) atoms. The summed E-state index contributed by atoms with van der Waals surface area (Å²) in [6, 6.07) is 25.1. The zero-order valence-corrected chi connectivity index (χ0v) is 33.1. The van der Waals surface area contributed by atoms with E-state index in [1.807, 2.05) is 53.8 Å². The fourth-order valence-corrected chi connectivity index (χ4v) is 6.65. The number of carbonyl (C=O) groups excluding carboxylic acids is 1. The van der Waals surface area contributed by atoms with Crippen LogP contribution in [0.3, 0.4) is 0 Å². The van der Waals surface area contributed by atoms with Crippen molar-refractivity contribution in [3.8, 4) is 22.4 Å². The van der Waals surface area contributed by atoms with Crippen LogP contribution in [0.2, 0.25) is 0 Å². The Hall–Kier alpha value is -3.53. The molecular formula is C44H52IrNO3-. The molecular weight excluding hydrogens is 783 g/mol. The topological polar surface area (TPSA) is 63.3 Å². The standard InChI is InChI=1S/C29H24NO.C15H28O2.Ir/c1-29(2,3)23-17-20(16-19-9-5-6-10-21(19)23)28-27-25(14-15-30-28)31-24-13-12-18-8-4-7-11-22(18)26(24)27;1-7-14(5,8-2)12(16)11-13(17)15(6,9-3)10-4;/h4-11,14-15,17H,12-13H2,1-3H3;11,16H,7-10H2,1-6H3;/q-1;;/b;12-11-;. The number of hydrogen-bond donors (Lipinski definition) is 1. The molecule has 0 atom stereocenters. The first-order valence-corrected chi connectivity index (χ1v) is 17.7. The first-order valence-electron chi connectivity index (χ1n) is 17.7. The second-order valence-electron chi connectivity index (χ2n) is 14.9. The van der Waals surface area contributed by atoms with Crippen LogP contribution in [0.4, 0.5) is 0 Å². The number of benzene rings is 3. The van der Waals surface area contributed by atoms with Gasteiger partial charge in [-0.05, 0) is 54.7 Å². The number of aromatic nitrogens is 1. The molecule has 0 saturated carbocycles. The van der Waals surface area contributed by atoms with E-state index in [0.29, 0.717) is 0 Å². The van der Waals surface area contributed by atoms with Crippen LogP contribution in [0.5, 0.6) is 0 Å². The van der Waals surface area contributed by atoms with Gasteiger partial charge in [-0.3, -0.25) is 9.78 Å². The summed E-state index contributed by atoms with van der Waals surface area (Å²) < 4.78 is 6.34. The van der Waals surface area contributed by atoms with Crippen molar-refractivity contribution in [2.75, 3.05) is 0 Å². The van der Waals surface area contributed by atoms with Gasteiger partial charge in [0, 0.05) is 66.3 Å². The SMILES string of the molecule is CC(C)(C)c1cc(-c2nccc3oc4c(c23)-c2ccccc2CC4)[c-]c2ccccc12.CCC(C)(CC)C(=O)/C=C(\O)C(C)(CC)CC.[Ir]. The average Bonchev–Trinajstić information content (AvgIpc) is 3.49. The molecule has 2 heterocycles. The van der Waals surface area contributed by atoms with Gasteiger partial charge in [0.2, 0.25) is 0 Å². The van der Waals surface area contributed by atoms with Gasteiger partial charge in [-0.15, -0.1) is 29.1 Å². The number of pyridine rings is 1. The largest absolute Gasteiger partial charge is 0.512 e. The van der Waals surface area contributed by atoms with Gasteiger partial charge in [-0.2, -0.15) is 0 Å². The molecule has 261 valence electrons. The number of aliphatic hydroxyl groups is 1. The maximum atomic E-state index is 12.2. The molecule has 1 N–H and O–H groups in total. The number of nitrogens with zero attached hydrogens (tertiary/aromatic N) is 1. The van der Waals surface area contributed by atoms with E-state index in [9.17, 15) is 9.90 Å². The molecule has 0 saturated heterocycles. The molecule has 5 heteroatoms. The van der Waals surface area contributed by atoms with Gasteiger partial charge >= 0.3 is 0 Å². The van der Waals surface area contributed by atoms with E-state index in [-0.39, 0.29) is 47.9 Å². The van der Waals surface area contributed by atoms with Gasteiger partial charge in [0.1, 0.15) is 17.1 Å². The second kappa shape index (κ2) is 15.2. The Morgan fingerprint density at radius 2 is 1.51 bits per heavy atom. The summed E-state index contributed by atoms with van der Waals surface area (Å²) >= 11 is 0. The summed E-state index contributed by atoms with van der Waals surface area (Å²) in [5, 5.41) is 13.6. The van der Waals surface area contributed by atoms with E-state index in [2.05, 4.69) is 81.4 Å². The van der Waals surface area contributed by atoms with Gasteiger partial charge in [0.15, 0.2) is 5.78 Å². The molecule has 3 aromatic carbocycles. The van der Waals surface area contributed by atoms with Crippen LogP contribution in [0.15, 0.2) is 83.1 Å². The summed E-state index contributed by atoms with van der Waals surface area (Å²) in [5.41, 5.74) is 7.47. The Morgan fingerprint density at radius 1 is 0.878 bits per heavy atom. The van der Waals surface area contributed by atoms with Crippen molar-refractivity contribution >= 4 is 27.5 Å². The normalized spacial score (nSPS) is 13.3. The van der Waals surface area contributed by atoms with Crippen molar-refractivity contribution in [2.45, 2.75) is 106 Å². The number of allylic oxidation sites excluding steroid dienone is 2. The molecule has 0 aliphatic heterocycles. The van der Waals surface area contributed by atoms with Crippen molar-refractivity contribution < 1.29 is 34.4 Å². The van der Waals surface area contributed by atoms with Gasteiger partial charge in [-0.25, -0.2) is 0 Å². The molecule has 0 unspecified atom stereocenters. The quantitative estimate of drug-likeness (QED) is 0.0961. The number of aryl methyl sites for hydroxylation is 2. The average molecular weight is 835 g/mol. The van der Waals surface area contributed by atoms with Gasteiger partial charge in [0.25, 0.3) is 0 Å². The molecule has 1 radical (unpaired) electrons. The van der Waals surface area contributed by atoms with Crippen LogP contribution in [0, 0.1) is 16.9 Å². The van der Waals surface area contributed by atoms with Crippen molar-refractivity contribution in [3.63, 3.8) is 0 Å². The minimum atomic E-state index is -0.337. The molecule has 6 rings (SSSR count). The first kappa shape index (κ1) is 38.3. The Kier molecular flexibility index (Phi) is 11.8. The summed E-state index contributed by atoms with van der Waals surface area (Å²) in [6.45, 7) is 18.9. The molecule has 1 aliphatic carbocycles. The van der Waals surface area contributed by atoms with E-state index < -0.39 is 0 Å². The Balaban J connectivity index is 0.000000260. The fraction of sp³-hybridized carbons (Fsp3) is 0.409. The maximum absolute atomic E-state index is 12.2. The van der Waals surface area contributed by atoms with E-state index >= 15 is 0 Å². The van der Waals surface area contributed by atoms with E-state index in [1.165, 1.54) is 33.7 Å². The van der Waals surface area contributed by atoms with Gasteiger partial charge < -0.3 is 9.52 Å². The number of aliphatic hydroxyl groups excluding tert-OH is 1. The molecule has 0 fully saturated rings. The molecule has 5 aromatic rings. The predicted molar refractivity (Wildman–Crippen MR) is 200 cm³/mol. The molecule has 0 spiro atoms. The van der Waals surface area contributed by atoms with E-state index in [1.54, 1.807) is 0 Å². The first-order chi connectivity index (χ1) is 22.8. The van der Waals surface area contributed by atoms with Crippen molar-refractivity contribution in [2.24, 2.45) is 10.8 Å². The number of fused-ring (bicyclic) bond motifs is 6. The zero-order chi connectivity index (χ0) is 34.9. The van der Waals surface area contributed by atoms with Gasteiger partial charge in [0.05, 0.1) is 0 Å². The Bertz CT molecular complexity index is 1970. The zero-order valence-electron chi connectivity index (χ0n) is 30.7. The summed E-state index contributed by atoms with van der Waals surface area (Å²) in [4.78, 5) is 17.0. The fourth-order valence-electron chi connectivity index (χ4n) is 6.65. The minimum Gasteiger partial charge on any atom is -0.512 e. The van der Waals surface area contributed by atoms with Crippen LogP contribution in [0.1, 0.15) is 105 Å². The maximum Gasteiger partial charge on any atom is 0.164 e. The van der Waals surface area contributed by atoms with Crippen molar-refractivity contribution in [1.29, 1.82) is 0 Å². The monoisotopic (exact) mass is 835 g/mol. The summed E-state index contributed by atoms with van der Waals surface area (Å²) in [5.74, 6) is 1.36. The van der Waals surface area contributed by atoms with Crippen LogP contribution < -0.4 is 0 Å². The minimum absolute atomic E-state index is 0.